The number of alkyl halides is 1. The van der Waals surface area contributed by atoms with Crippen LogP contribution in [-0.2, 0) is 4.79 Å². The van der Waals surface area contributed by atoms with Crippen molar-refractivity contribution < 1.29 is 4.79 Å². The van der Waals surface area contributed by atoms with Crippen LogP contribution in [0.5, 0.6) is 0 Å². The minimum absolute atomic E-state index is 0.398. The highest BCUT2D eigenvalue weighted by molar-refractivity contribution is 6.70. The van der Waals surface area contributed by atoms with E-state index in [1.54, 1.807) is 0 Å². The van der Waals surface area contributed by atoms with E-state index in [-0.39, 0.29) is 0 Å². The molecule has 0 bridgehead atoms. The summed E-state index contributed by atoms with van der Waals surface area (Å²) >= 11 is 10.8. The van der Waals surface area contributed by atoms with Crippen LogP contribution < -0.4 is 0 Å². The highest BCUT2D eigenvalue weighted by Crippen LogP contribution is 2.39. The number of halogens is 2. The molecular weight excluding hydrogens is 147 g/mol. The molecule has 1 rings (SSSR count). The molecule has 1 fully saturated rings. The minimum atomic E-state index is -0.679. The fourth-order valence-corrected chi connectivity index (χ4v) is 1.14. The number of hydrogen-bond donors (Lipinski definition) is 0. The van der Waals surface area contributed by atoms with Gasteiger partial charge in [-0.25, -0.2) is 0 Å². The van der Waals surface area contributed by atoms with Gasteiger partial charge in [0.1, 0.15) is 4.87 Å². The Balaban J connectivity index is 2.53. The van der Waals surface area contributed by atoms with Gasteiger partial charge in [-0.2, -0.15) is 0 Å². The molecule has 1 aliphatic carbocycles. The Bertz CT molecular complexity index is 118. The van der Waals surface area contributed by atoms with Crippen molar-refractivity contribution in [3.05, 3.63) is 0 Å². The van der Waals surface area contributed by atoms with Gasteiger partial charge in [-0.1, -0.05) is 0 Å². The lowest BCUT2D eigenvalue weighted by Crippen LogP contribution is -2.36. The SMILES string of the molecule is O=C(Cl)C1(Cl)CCC1. The topological polar surface area (TPSA) is 17.1 Å². The zero-order valence-electron chi connectivity index (χ0n) is 4.29. The maximum Gasteiger partial charge on any atom is 0.242 e. The molecule has 0 spiro atoms. The number of carbonyl (C=O) groups is 1. The fraction of sp³-hybridized carbons (Fsp3) is 0.800. The molecule has 0 aliphatic heterocycles. The standard InChI is InChI=1S/C5H6Cl2O/c6-4(8)5(7)2-1-3-5/h1-3H2. The first-order valence-electron chi connectivity index (χ1n) is 2.54. The molecule has 0 aromatic carbocycles. The van der Waals surface area contributed by atoms with Gasteiger partial charge < -0.3 is 0 Å². The summed E-state index contributed by atoms with van der Waals surface area (Å²) in [6.07, 6.45) is 2.52. The van der Waals surface area contributed by atoms with Gasteiger partial charge in [0.15, 0.2) is 0 Å². The second-order valence-corrected chi connectivity index (χ2v) is 3.16. The third-order valence-corrected chi connectivity index (χ3v) is 2.51. The van der Waals surface area contributed by atoms with Crippen LogP contribution in [0.1, 0.15) is 19.3 Å². The van der Waals surface area contributed by atoms with Crippen molar-refractivity contribution in [2.24, 2.45) is 0 Å². The zero-order chi connectivity index (χ0) is 6.20. The second-order valence-electron chi connectivity index (χ2n) is 2.09. The molecule has 0 saturated heterocycles. The molecule has 0 N–H and O–H groups in total. The van der Waals surface area contributed by atoms with E-state index in [2.05, 4.69) is 0 Å². The lowest BCUT2D eigenvalue weighted by atomic mass is 9.86. The van der Waals surface area contributed by atoms with Crippen molar-refractivity contribution in [1.82, 2.24) is 0 Å². The van der Waals surface area contributed by atoms with E-state index in [1.165, 1.54) is 0 Å². The molecular formula is C5H6Cl2O. The molecule has 0 aromatic rings. The summed E-state index contributed by atoms with van der Waals surface area (Å²) in [5.41, 5.74) is 0. The van der Waals surface area contributed by atoms with Crippen molar-refractivity contribution in [2.75, 3.05) is 0 Å². The molecule has 3 heteroatoms. The first kappa shape index (κ1) is 6.37. The second kappa shape index (κ2) is 1.89. The summed E-state index contributed by atoms with van der Waals surface area (Å²) in [4.78, 5) is 9.70. The van der Waals surface area contributed by atoms with Crippen molar-refractivity contribution in [2.45, 2.75) is 24.1 Å². The van der Waals surface area contributed by atoms with Gasteiger partial charge in [-0.15, -0.1) is 11.6 Å². The lowest BCUT2D eigenvalue weighted by Gasteiger charge is -2.31. The molecule has 1 aliphatic rings. The molecule has 0 radical (unpaired) electrons. The summed E-state index contributed by atoms with van der Waals surface area (Å²) in [6.45, 7) is 0. The molecule has 46 valence electrons. The molecule has 0 unspecified atom stereocenters. The average molecular weight is 153 g/mol. The Morgan fingerprint density at radius 3 is 2.00 bits per heavy atom. The van der Waals surface area contributed by atoms with Crippen molar-refractivity contribution in [3.8, 4) is 0 Å². The number of hydrogen-bond acceptors (Lipinski definition) is 1. The Labute approximate surface area is 58.0 Å². The van der Waals surface area contributed by atoms with Gasteiger partial charge >= 0.3 is 0 Å². The Morgan fingerprint density at radius 1 is 1.50 bits per heavy atom. The predicted molar refractivity (Wildman–Crippen MR) is 33.3 cm³/mol. The lowest BCUT2D eigenvalue weighted by molar-refractivity contribution is -0.115. The van der Waals surface area contributed by atoms with Crippen LogP contribution in [-0.4, -0.2) is 10.1 Å². The van der Waals surface area contributed by atoms with Crippen LogP contribution in [0.15, 0.2) is 0 Å². The van der Waals surface area contributed by atoms with Crippen molar-refractivity contribution >= 4 is 28.4 Å². The quantitative estimate of drug-likeness (QED) is 0.415. The van der Waals surface area contributed by atoms with E-state index in [9.17, 15) is 4.79 Å². The Hall–Kier alpha value is 0.250. The van der Waals surface area contributed by atoms with Gasteiger partial charge in [0, 0.05) is 0 Å². The molecule has 1 nitrogen and oxygen atoms in total. The Morgan fingerprint density at radius 2 is 2.00 bits per heavy atom. The van der Waals surface area contributed by atoms with E-state index in [0.717, 1.165) is 19.3 Å². The number of rotatable bonds is 1. The van der Waals surface area contributed by atoms with E-state index >= 15 is 0 Å². The summed E-state index contributed by atoms with van der Waals surface area (Å²) in [6, 6.07) is 0. The first-order chi connectivity index (χ1) is 3.65. The van der Waals surface area contributed by atoms with Gasteiger partial charge in [0.25, 0.3) is 0 Å². The van der Waals surface area contributed by atoms with Crippen LogP contribution in [0.2, 0.25) is 0 Å². The highest BCUT2D eigenvalue weighted by Gasteiger charge is 2.40. The van der Waals surface area contributed by atoms with Crippen molar-refractivity contribution in [3.63, 3.8) is 0 Å². The summed E-state index contributed by atoms with van der Waals surface area (Å²) in [7, 11) is 0. The van der Waals surface area contributed by atoms with Crippen molar-refractivity contribution in [1.29, 1.82) is 0 Å². The van der Waals surface area contributed by atoms with Gasteiger partial charge in [-0.05, 0) is 30.9 Å². The normalized spacial score (nSPS) is 24.2. The molecule has 0 atom stereocenters. The van der Waals surface area contributed by atoms with E-state index in [4.69, 9.17) is 23.2 Å². The van der Waals surface area contributed by atoms with Gasteiger partial charge in [0.05, 0.1) is 0 Å². The predicted octanol–water partition coefficient (Wildman–Crippen LogP) is 1.91. The number of carbonyl (C=O) groups excluding carboxylic acids is 1. The smallest absolute Gasteiger partial charge is 0.242 e. The molecule has 0 aromatic heterocycles. The maximum absolute atomic E-state index is 10.4. The highest BCUT2D eigenvalue weighted by atomic mass is 35.5. The monoisotopic (exact) mass is 152 g/mol. The van der Waals surface area contributed by atoms with Crippen LogP contribution in [0, 0.1) is 0 Å². The van der Waals surface area contributed by atoms with Gasteiger partial charge in [0.2, 0.25) is 5.24 Å². The molecule has 8 heavy (non-hydrogen) atoms. The third-order valence-electron chi connectivity index (χ3n) is 1.50. The first-order valence-corrected chi connectivity index (χ1v) is 3.30. The van der Waals surface area contributed by atoms with E-state index in [1.807, 2.05) is 0 Å². The van der Waals surface area contributed by atoms with Crippen LogP contribution in [0.25, 0.3) is 0 Å². The van der Waals surface area contributed by atoms with E-state index < -0.39 is 10.1 Å². The summed E-state index contributed by atoms with van der Waals surface area (Å²) in [5.74, 6) is 0. The zero-order valence-corrected chi connectivity index (χ0v) is 5.80. The third kappa shape index (κ3) is 0.848. The minimum Gasteiger partial charge on any atom is -0.279 e. The van der Waals surface area contributed by atoms with Crippen LogP contribution >= 0.6 is 23.2 Å². The molecule has 0 amide bonds. The van der Waals surface area contributed by atoms with Crippen LogP contribution in [0.3, 0.4) is 0 Å². The Kier molecular flexibility index (Phi) is 1.50. The summed E-state index contributed by atoms with van der Waals surface area (Å²) in [5, 5.41) is -0.398. The van der Waals surface area contributed by atoms with Gasteiger partial charge in [-0.3, -0.25) is 4.79 Å². The summed E-state index contributed by atoms with van der Waals surface area (Å²) < 4.78 is 0. The fourth-order valence-electron chi connectivity index (χ4n) is 0.684. The maximum atomic E-state index is 10.4. The molecule has 0 heterocycles. The molecule has 1 saturated carbocycles. The largest absolute Gasteiger partial charge is 0.279 e. The van der Waals surface area contributed by atoms with E-state index in [0.29, 0.717) is 0 Å². The average Bonchev–Trinajstić information content (AvgIpc) is 1.60. The van der Waals surface area contributed by atoms with Crippen LogP contribution in [0.4, 0.5) is 0 Å².